The number of benzene rings is 3. The second-order valence-electron chi connectivity index (χ2n) is 11.3. The highest BCUT2D eigenvalue weighted by atomic mass is 14.8. The molecule has 0 unspecified atom stereocenters. The van der Waals surface area contributed by atoms with E-state index in [4.69, 9.17) is 0 Å². The van der Waals surface area contributed by atoms with E-state index in [-0.39, 0.29) is 0 Å². The van der Waals surface area contributed by atoms with Crippen molar-refractivity contribution in [2.75, 3.05) is 0 Å². The van der Waals surface area contributed by atoms with Crippen LogP contribution in [0.2, 0.25) is 0 Å². The molecule has 0 aliphatic heterocycles. The third kappa shape index (κ3) is 16.2. The van der Waals surface area contributed by atoms with Crippen LogP contribution in [0.5, 0.6) is 0 Å². The van der Waals surface area contributed by atoms with Crippen LogP contribution in [0.25, 0.3) is 10.9 Å². The number of rotatable bonds is 8. The van der Waals surface area contributed by atoms with Gasteiger partial charge in [-0.2, -0.15) is 0 Å². The SMILES string of the molecule is C=C(C/C(C)=C/C(=C)C(C)C)Cc1cccc(C)c1.CC.CC.CCc1cc2ncnc(C)c2cc1CC.Cc1ccccc1. The van der Waals surface area contributed by atoms with Crippen LogP contribution in [0.15, 0.2) is 109 Å². The van der Waals surface area contributed by atoms with E-state index < -0.39 is 0 Å². The molecule has 0 atom stereocenters. The van der Waals surface area contributed by atoms with Gasteiger partial charge in [-0.25, -0.2) is 9.97 Å². The van der Waals surface area contributed by atoms with Gasteiger partial charge in [0.15, 0.2) is 0 Å². The molecule has 3 aromatic carbocycles. The molecule has 0 radical (unpaired) electrons. The van der Waals surface area contributed by atoms with Crippen LogP contribution in [-0.4, -0.2) is 9.97 Å². The number of aromatic nitrogens is 2. The molecule has 2 nitrogen and oxygen atoms in total. The molecule has 2 heteroatoms. The van der Waals surface area contributed by atoms with E-state index in [2.05, 4.69) is 126 Å². The van der Waals surface area contributed by atoms with Gasteiger partial charge in [-0.1, -0.05) is 157 Å². The predicted molar refractivity (Wildman–Crippen MR) is 203 cm³/mol. The first-order valence-electron chi connectivity index (χ1n) is 16.9. The summed E-state index contributed by atoms with van der Waals surface area (Å²) in [6, 6.07) is 23.3. The fraction of sp³-hybridized carbons (Fsp3) is 0.395. The van der Waals surface area contributed by atoms with E-state index in [0.717, 1.165) is 36.9 Å². The summed E-state index contributed by atoms with van der Waals surface area (Å²) < 4.78 is 0. The number of hydrogen-bond donors (Lipinski definition) is 0. The highest BCUT2D eigenvalue weighted by molar-refractivity contribution is 5.82. The van der Waals surface area contributed by atoms with Crippen molar-refractivity contribution in [3.8, 4) is 0 Å². The Morgan fingerprint density at radius 2 is 1.33 bits per heavy atom. The van der Waals surface area contributed by atoms with Crippen LogP contribution in [0.4, 0.5) is 0 Å². The predicted octanol–water partition coefficient (Wildman–Crippen LogP) is 12.8. The molecular weight excluding hydrogens is 544 g/mol. The van der Waals surface area contributed by atoms with Crippen molar-refractivity contribution in [2.24, 2.45) is 5.92 Å². The van der Waals surface area contributed by atoms with E-state index in [0.29, 0.717) is 5.92 Å². The Balaban J connectivity index is 0.000000658. The lowest BCUT2D eigenvalue weighted by atomic mass is 9.96. The Kier molecular flexibility index (Phi) is 21.6. The summed E-state index contributed by atoms with van der Waals surface area (Å²) in [6.07, 6.45) is 7.91. The van der Waals surface area contributed by atoms with Gasteiger partial charge in [-0.05, 0) is 88.1 Å². The Morgan fingerprint density at radius 1 is 0.756 bits per heavy atom. The highest BCUT2D eigenvalue weighted by Crippen LogP contribution is 2.21. The maximum Gasteiger partial charge on any atom is 0.116 e. The number of fused-ring (bicyclic) bond motifs is 1. The van der Waals surface area contributed by atoms with Gasteiger partial charge in [-0.3, -0.25) is 0 Å². The maximum absolute atomic E-state index is 4.31. The van der Waals surface area contributed by atoms with Crippen molar-refractivity contribution >= 4 is 10.9 Å². The molecule has 244 valence electrons. The van der Waals surface area contributed by atoms with Crippen LogP contribution in [0.3, 0.4) is 0 Å². The Bertz CT molecular complexity index is 1440. The summed E-state index contributed by atoms with van der Waals surface area (Å²) in [5, 5.41) is 1.19. The zero-order chi connectivity index (χ0) is 34.4. The standard InChI is InChI=1S/C19H26.C13H16N2.C7H8.2C2H6/c1-14(2)18(6)11-16(4)10-17(5)13-19-9-7-8-15(3)12-19;1-4-10-6-12-9(3)14-8-15-13(12)7-11(10)5-2;1-7-5-3-2-4-6-7;2*1-2/h7-9,11-12,14H,5-6,10,13H2,1-4H3;6-8H,4-5H2,1-3H3;2-6H,1H3;2*1-2H3/b16-11+;;;;. The lowest BCUT2D eigenvalue weighted by Crippen LogP contribution is -1.95. The Hall–Kier alpha value is -3.78. The van der Waals surface area contributed by atoms with Crippen LogP contribution in [0.1, 0.15) is 102 Å². The Morgan fingerprint density at radius 3 is 1.84 bits per heavy atom. The molecule has 0 bridgehead atoms. The number of allylic oxidation sites excluding steroid dienone is 4. The minimum absolute atomic E-state index is 0.514. The van der Waals surface area contributed by atoms with Gasteiger partial charge in [0.05, 0.1) is 5.52 Å². The molecule has 0 aliphatic rings. The van der Waals surface area contributed by atoms with E-state index in [1.807, 2.05) is 52.8 Å². The smallest absolute Gasteiger partial charge is 0.116 e. The topological polar surface area (TPSA) is 25.8 Å². The molecular formula is C43H62N2. The second kappa shape index (κ2) is 23.6. The summed E-state index contributed by atoms with van der Waals surface area (Å²) in [4.78, 5) is 8.54. The van der Waals surface area contributed by atoms with Gasteiger partial charge in [-0.15, -0.1) is 0 Å². The fourth-order valence-electron chi connectivity index (χ4n) is 4.61. The molecule has 45 heavy (non-hydrogen) atoms. The minimum Gasteiger partial charge on any atom is -0.241 e. The molecule has 1 heterocycles. The molecule has 0 aliphatic carbocycles. The van der Waals surface area contributed by atoms with Crippen molar-refractivity contribution in [1.29, 1.82) is 0 Å². The molecule has 4 aromatic rings. The number of hydrogen-bond acceptors (Lipinski definition) is 2. The zero-order valence-corrected chi connectivity index (χ0v) is 30.7. The Labute approximate surface area is 277 Å². The van der Waals surface area contributed by atoms with E-state index in [1.165, 1.54) is 49.9 Å². The number of aryl methyl sites for hydroxylation is 5. The molecule has 0 saturated heterocycles. The third-order valence-electron chi connectivity index (χ3n) is 7.10. The molecule has 0 amide bonds. The van der Waals surface area contributed by atoms with Gasteiger partial charge < -0.3 is 0 Å². The van der Waals surface area contributed by atoms with Gasteiger partial charge in [0.25, 0.3) is 0 Å². The van der Waals surface area contributed by atoms with Crippen molar-refractivity contribution < 1.29 is 0 Å². The molecule has 0 spiro atoms. The van der Waals surface area contributed by atoms with E-state index >= 15 is 0 Å². The normalized spacial score (nSPS) is 10.2. The monoisotopic (exact) mass is 606 g/mol. The summed E-state index contributed by atoms with van der Waals surface area (Å²) in [5.74, 6) is 0.514. The van der Waals surface area contributed by atoms with Crippen molar-refractivity contribution in [3.63, 3.8) is 0 Å². The van der Waals surface area contributed by atoms with E-state index in [1.54, 1.807) is 6.33 Å². The van der Waals surface area contributed by atoms with Crippen molar-refractivity contribution in [1.82, 2.24) is 9.97 Å². The third-order valence-corrected chi connectivity index (χ3v) is 7.10. The zero-order valence-electron chi connectivity index (χ0n) is 30.7. The molecule has 0 saturated carbocycles. The molecule has 0 N–H and O–H groups in total. The lowest BCUT2D eigenvalue weighted by molar-refractivity contribution is 0.792. The summed E-state index contributed by atoms with van der Waals surface area (Å²) in [6.45, 7) is 33.4. The van der Waals surface area contributed by atoms with Crippen LogP contribution in [0, 0.1) is 26.7 Å². The lowest BCUT2D eigenvalue weighted by Gasteiger charge is -2.09. The van der Waals surface area contributed by atoms with Gasteiger partial charge in [0, 0.05) is 11.1 Å². The first kappa shape index (κ1) is 41.2. The largest absolute Gasteiger partial charge is 0.241 e. The van der Waals surface area contributed by atoms with Crippen LogP contribution < -0.4 is 0 Å². The van der Waals surface area contributed by atoms with Gasteiger partial charge in [0.1, 0.15) is 6.33 Å². The second-order valence-corrected chi connectivity index (χ2v) is 11.3. The van der Waals surface area contributed by atoms with Crippen LogP contribution in [-0.2, 0) is 19.3 Å². The maximum atomic E-state index is 4.31. The average molecular weight is 607 g/mol. The first-order valence-corrected chi connectivity index (χ1v) is 16.9. The van der Waals surface area contributed by atoms with Gasteiger partial charge >= 0.3 is 0 Å². The summed E-state index contributed by atoms with van der Waals surface area (Å²) in [5.41, 5.74) is 12.7. The van der Waals surface area contributed by atoms with Crippen molar-refractivity contribution in [3.05, 3.63) is 143 Å². The van der Waals surface area contributed by atoms with Gasteiger partial charge in [0.2, 0.25) is 0 Å². The first-order chi connectivity index (χ1) is 21.5. The van der Waals surface area contributed by atoms with E-state index in [9.17, 15) is 0 Å². The quantitative estimate of drug-likeness (QED) is 0.147. The average Bonchev–Trinajstić information content (AvgIpc) is 3.03. The number of nitrogens with zero attached hydrogens (tertiary/aromatic N) is 2. The van der Waals surface area contributed by atoms with Crippen LogP contribution >= 0.6 is 0 Å². The molecule has 0 fully saturated rings. The minimum atomic E-state index is 0.514. The molecule has 4 rings (SSSR count). The summed E-state index contributed by atoms with van der Waals surface area (Å²) >= 11 is 0. The molecule has 1 aromatic heterocycles. The van der Waals surface area contributed by atoms with Crippen molar-refractivity contribution in [2.45, 2.75) is 109 Å². The highest BCUT2D eigenvalue weighted by Gasteiger charge is 2.05. The summed E-state index contributed by atoms with van der Waals surface area (Å²) in [7, 11) is 0. The fourth-order valence-corrected chi connectivity index (χ4v) is 4.61.